The first-order chi connectivity index (χ1) is 7.33. The molecule has 0 bridgehead atoms. The third-order valence-electron chi connectivity index (χ3n) is 2.06. The van der Waals surface area contributed by atoms with Crippen molar-refractivity contribution in [2.24, 2.45) is 0 Å². The van der Waals surface area contributed by atoms with E-state index in [-0.39, 0.29) is 0 Å². The van der Waals surface area contributed by atoms with E-state index in [9.17, 15) is 4.79 Å². The number of hydrogen-bond acceptors (Lipinski definition) is 4. The zero-order valence-corrected chi connectivity index (χ0v) is 8.40. The Hall–Kier alpha value is -1.84. The standard InChI is InChI=1S/C11H11NO3/c1-2-3-8-6-9-10(15-8)4-5-11(12-9)14-7-13/h4-7H,2-3H2,1H3. The number of ether oxygens (including phenoxy) is 1. The fourth-order valence-corrected chi connectivity index (χ4v) is 1.44. The van der Waals surface area contributed by atoms with E-state index in [2.05, 4.69) is 16.6 Å². The monoisotopic (exact) mass is 205 g/mol. The molecule has 0 amide bonds. The fraction of sp³-hybridized carbons (Fsp3) is 0.273. The Balaban J connectivity index is 2.38. The number of rotatable bonds is 4. The zero-order chi connectivity index (χ0) is 10.7. The van der Waals surface area contributed by atoms with Crippen molar-refractivity contribution in [2.75, 3.05) is 0 Å². The molecule has 0 atom stereocenters. The van der Waals surface area contributed by atoms with Gasteiger partial charge in [-0.15, -0.1) is 0 Å². The van der Waals surface area contributed by atoms with Gasteiger partial charge in [-0.05, 0) is 12.5 Å². The number of pyridine rings is 1. The Bertz CT molecular complexity index is 476. The molecule has 0 aliphatic heterocycles. The molecule has 0 unspecified atom stereocenters. The van der Waals surface area contributed by atoms with Crippen LogP contribution in [-0.2, 0) is 11.2 Å². The van der Waals surface area contributed by atoms with Crippen LogP contribution in [0.1, 0.15) is 19.1 Å². The molecule has 0 spiro atoms. The van der Waals surface area contributed by atoms with Gasteiger partial charge in [0.15, 0.2) is 5.58 Å². The van der Waals surface area contributed by atoms with E-state index in [1.807, 2.05) is 6.07 Å². The van der Waals surface area contributed by atoms with Crippen LogP contribution in [0.5, 0.6) is 5.88 Å². The lowest BCUT2D eigenvalue weighted by Crippen LogP contribution is -1.90. The first-order valence-electron chi connectivity index (χ1n) is 4.83. The van der Waals surface area contributed by atoms with Crippen LogP contribution in [0.25, 0.3) is 11.1 Å². The Morgan fingerprint density at radius 2 is 2.40 bits per heavy atom. The number of nitrogens with zero attached hydrogens (tertiary/aromatic N) is 1. The van der Waals surface area contributed by atoms with Gasteiger partial charge < -0.3 is 9.15 Å². The summed E-state index contributed by atoms with van der Waals surface area (Å²) in [6, 6.07) is 5.23. The molecular formula is C11H11NO3. The summed E-state index contributed by atoms with van der Waals surface area (Å²) in [5.41, 5.74) is 1.44. The zero-order valence-electron chi connectivity index (χ0n) is 8.40. The van der Waals surface area contributed by atoms with Crippen LogP contribution in [0.3, 0.4) is 0 Å². The average molecular weight is 205 g/mol. The molecule has 2 aromatic rings. The molecule has 0 saturated heterocycles. The van der Waals surface area contributed by atoms with Crippen molar-refractivity contribution in [3.05, 3.63) is 24.0 Å². The van der Waals surface area contributed by atoms with Crippen LogP contribution in [0.2, 0.25) is 0 Å². The van der Waals surface area contributed by atoms with Crippen molar-refractivity contribution < 1.29 is 13.9 Å². The number of aryl methyl sites for hydroxylation is 1. The quantitative estimate of drug-likeness (QED) is 0.719. The Morgan fingerprint density at radius 3 is 3.13 bits per heavy atom. The van der Waals surface area contributed by atoms with Gasteiger partial charge in [-0.2, -0.15) is 0 Å². The maximum absolute atomic E-state index is 10.1. The molecule has 15 heavy (non-hydrogen) atoms. The molecule has 2 rings (SSSR count). The number of fused-ring (bicyclic) bond motifs is 1. The van der Waals surface area contributed by atoms with E-state index in [0.717, 1.165) is 29.7 Å². The van der Waals surface area contributed by atoms with E-state index >= 15 is 0 Å². The molecule has 4 nitrogen and oxygen atoms in total. The average Bonchev–Trinajstić information content (AvgIpc) is 2.60. The Morgan fingerprint density at radius 1 is 1.53 bits per heavy atom. The number of furan rings is 1. The van der Waals surface area contributed by atoms with Crippen molar-refractivity contribution in [2.45, 2.75) is 19.8 Å². The van der Waals surface area contributed by atoms with Crippen LogP contribution >= 0.6 is 0 Å². The molecule has 0 radical (unpaired) electrons. The first-order valence-corrected chi connectivity index (χ1v) is 4.83. The van der Waals surface area contributed by atoms with E-state index in [0.29, 0.717) is 12.4 Å². The van der Waals surface area contributed by atoms with Gasteiger partial charge in [0.25, 0.3) is 6.47 Å². The summed E-state index contributed by atoms with van der Waals surface area (Å²) < 4.78 is 10.2. The molecular weight excluding hydrogens is 194 g/mol. The Kier molecular flexibility index (Phi) is 2.67. The molecule has 0 fully saturated rings. The van der Waals surface area contributed by atoms with Crippen molar-refractivity contribution in [3.8, 4) is 5.88 Å². The normalized spacial score (nSPS) is 10.5. The highest BCUT2D eigenvalue weighted by molar-refractivity contribution is 5.74. The highest BCUT2D eigenvalue weighted by Gasteiger charge is 2.05. The molecule has 0 N–H and O–H groups in total. The SMILES string of the molecule is CCCc1cc2nc(OC=O)ccc2o1. The predicted molar refractivity (Wildman–Crippen MR) is 54.7 cm³/mol. The molecule has 0 aliphatic rings. The van der Waals surface area contributed by atoms with Gasteiger partial charge in [0, 0.05) is 18.6 Å². The molecule has 0 aromatic carbocycles. The molecule has 2 aromatic heterocycles. The predicted octanol–water partition coefficient (Wildman–Crippen LogP) is 2.32. The highest BCUT2D eigenvalue weighted by Crippen LogP contribution is 2.21. The van der Waals surface area contributed by atoms with Gasteiger partial charge in [0.2, 0.25) is 5.88 Å². The number of carbonyl (C=O) groups excluding carboxylic acids is 1. The van der Waals surface area contributed by atoms with Crippen molar-refractivity contribution in [3.63, 3.8) is 0 Å². The van der Waals surface area contributed by atoms with Crippen molar-refractivity contribution in [1.82, 2.24) is 4.98 Å². The lowest BCUT2D eigenvalue weighted by Gasteiger charge is -1.93. The largest absolute Gasteiger partial charge is 0.459 e. The molecule has 2 heterocycles. The van der Waals surface area contributed by atoms with Crippen LogP contribution in [0.4, 0.5) is 0 Å². The van der Waals surface area contributed by atoms with E-state index in [4.69, 9.17) is 4.42 Å². The molecule has 0 saturated carbocycles. The summed E-state index contributed by atoms with van der Waals surface area (Å²) in [5, 5.41) is 0. The molecule has 0 aliphatic carbocycles. The van der Waals surface area contributed by atoms with Crippen LogP contribution in [0.15, 0.2) is 22.6 Å². The number of carbonyl (C=O) groups is 1. The van der Waals surface area contributed by atoms with Crippen molar-refractivity contribution in [1.29, 1.82) is 0 Å². The second-order valence-corrected chi connectivity index (χ2v) is 3.21. The Labute approximate surface area is 86.9 Å². The highest BCUT2D eigenvalue weighted by atomic mass is 16.5. The van der Waals surface area contributed by atoms with E-state index in [1.165, 1.54) is 0 Å². The molecule has 78 valence electrons. The summed E-state index contributed by atoms with van der Waals surface area (Å²) in [7, 11) is 0. The van der Waals surface area contributed by atoms with E-state index in [1.54, 1.807) is 12.1 Å². The summed E-state index contributed by atoms with van der Waals surface area (Å²) in [6.07, 6.45) is 1.91. The number of hydrogen-bond donors (Lipinski definition) is 0. The van der Waals surface area contributed by atoms with Gasteiger partial charge in [0.1, 0.15) is 11.3 Å². The van der Waals surface area contributed by atoms with Crippen LogP contribution in [-0.4, -0.2) is 11.5 Å². The topological polar surface area (TPSA) is 52.3 Å². The first kappa shape index (κ1) is 9.71. The van der Waals surface area contributed by atoms with Gasteiger partial charge in [-0.25, -0.2) is 4.98 Å². The minimum Gasteiger partial charge on any atom is -0.459 e. The van der Waals surface area contributed by atoms with E-state index < -0.39 is 0 Å². The molecule has 4 heteroatoms. The maximum atomic E-state index is 10.1. The van der Waals surface area contributed by atoms with Crippen molar-refractivity contribution >= 4 is 17.6 Å². The second kappa shape index (κ2) is 4.13. The fourth-order valence-electron chi connectivity index (χ4n) is 1.44. The maximum Gasteiger partial charge on any atom is 0.299 e. The summed E-state index contributed by atoms with van der Waals surface area (Å²) >= 11 is 0. The number of aromatic nitrogens is 1. The smallest absolute Gasteiger partial charge is 0.299 e. The lowest BCUT2D eigenvalue weighted by atomic mass is 10.3. The third-order valence-corrected chi connectivity index (χ3v) is 2.06. The van der Waals surface area contributed by atoms with Gasteiger partial charge in [-0.3, -0.25) is 4.79 Å². The summed E-state index contributed by atoms with van der Waals surface area (Å²) in [6.45, 7) is 2.45. The minimum absolute atomic E-state index is 0.293. The lowest BCUT2D eigenvalue weighted by molar-refractivity contribution is -0.120. The minimum atomic E-state index is 0.293. The second-order valence-electron chi connectivity index (χ2n) is 3.21. The summed E-state index contributed by atoms with van der Waals surface area (Å²) in [5.74, 6) is 1.20. The third kappa shape index (κ3) is 1.98. The van der Waals surface area contributed by atoms with Gasteiger partial charge >= 0.3 is 0 Å². The van der Waals surface area contributed by atoms with Gasteiger partial charge in [-0.1, -0.05) is 6.92 Å². The van der Waals surface area contributed by atoms with Gasteiger partial charge in [0.05, 0.1) is 0 Å². The van der Waals surface area contributed by atoms with Crippen LogP contribution in [0, 0.1) is 0 Å². The van der Waals surface area contributed by atoms with Crippen LogP contribution < -0.4 is 4.74 Å². The summed E-state index contributed by atoms with van der Waals surface area (Å²) in [4.78, 5) is 14.3.